The van der Waals surface area contributed by atoms with Crippen molar-refractivity contribution in [3.05, 3.63) is 47.2 Å². The molecule has 1 aromatic heterocycles. The maximum absolute atomic E-state index is 13.3. The highest BCUT2D eigenvalue weighted by Gasteiger charge is 2.66. The molecule has 3 unspecified atom stereocenters. The number of carboxylic acid groups (broad SMARTS) is 1. The molecule has 12 nitrogen and oxygen atoms in total. The van der Waals surface area contributed by atoms with Crippen molar-refractivity contribution in [2.24, 2.45) is 7.05 Å². The van der Waals surface area contributed by atoms with Crippen molar-refractivity contribution in [3.63, 3.8) is 0 Å². The number of thiocarbonyl (C=S) groups is 1. The molecule has 0 radical (unpaired) electrons. The molecule has 1 fully saturated rings. The number of methoxy groups -OCH3 is 1. The van der Waals surface area contributed by atoms with Crippen LogP contribution in [0.25, 0.3) is 0 Å². The Kier molecular flexibility index (Phi) is 7.39. The molecule has 0 bridgehead atoms. The summed E-state index contributed by atoms with van der Waals surface area (Å²) >= 11 is 7.45. The zero-order valence-corrected chi connectivity index (χ0v) is 21.0. The van der Waals surface area contributed by atoms with Crippen molar-refractivity contribution in [1.82, 2.24) is 35.7 Å². The molecule has 1 aromatic carbocycles. The minimum absolute atomic E-state index is 0.125. The minimum Gasteiger partial charge on any atom is -0.477 e. The SMILES string of the molecule is COC1(NC(=O)C(NC=S)c2ccccc2)C(=O)N2C(C(=O)O)=C(CSc3nnnn3C)CSC21. The molecule has 2 aliphatic rings. The molecule has 15 heteroatoms. The van der Waals surface area contributed by atoms with E-state index >= 15 is 0 Å². The van der Waals surface area contributed by atoms with Crippen molar-refractivity contribution >= 4 is 59.0 Å². The third kappa shape index (κ3) is 4.51. The standard InChI is InChI=1S/C20H21N7O5S3/c1-26-19(23-24-25-26)35-9-12-8-34-18-20(32-2,17(31)27(18)14(12)16(29)30)22-15(28)13(21-10-33)11-6-4-3-5-7-11/h3-7,10,13,18H,8-9H2,1-2H3,(H,21,33)(H,22,28)(H,29,30). The van der Waals surface area contributed by atoms with Gasteiger partial charge in [-0.15, -0.1) is 16.9 Å². The predicted octanol–water partition coefficient (Wildman–Crippen LogP) is 0.303. The lowest BCUT2D eigenvalue weighted by Gasteiger charge is -2.56. The van der Waals surface area contributed by atoms with E-state index in [0.717, 1.165) is 4.90 Å². The van der Waals surface area contributed by atoms with E-state index in [0.29, 0.717) is 22.0 Å². The van der Waals surface area contributed by atoms with Crippen LogP contribution in [-0.2, 0) is 26.2 Å². The molecule has 1 saturated heterocycles. The minimum atomic E-state index is -1.72. The van der Waals surface area contributed by atoms with Gasteiger partial charge in [0.2, 0.25) is 11.1 Å². The Hall–Kier alpha value is -3.01. The van der Waals surface area contributed by atoms with Crippen LogP contribution in [0.1, 0.15) is 11.6 Å². The Morgan fingerprint density at radius 1 is 1.43 bits per heavy atom. The summed E-state index contributed by atoms with van der Waals surface area (Å²) in [6, 6.07) is 8.01. The highest BCUT2D eigenvalue weighted by atomic mass is 32.2. The first-order valence-corrected chi connectivity index (χ1v) is 12.7. The average Bonchev–Trinajstić information content (AvgIpc) is 3.28. The topological polar surface area (TPSA) is 152 Å². The molecule has 2 amide bonds. The molecule has 2 aliphatic heterocycles. The quantitative estimate of drug-likeness (QED) is 0.166. The molecule has 3 N–H and O–H groups in total. The van der Waals surface area contributed by atoms with Crippen molar-refractivity contribution < 1.29 is 24.2 Å². The number of aromatic nitrogens is 4. The van der Waals surface area contributed by atoms with Crippen molar-refractivity contribution in [2.75, 3.05) is 18.6 Å². The molecule has 3 heterocycles. The van der Waals surface area contributed by atoms with E-state index < -0.39 is 34.9 Å². The molecule has 4 rings (SSSR count). The van der Waals surface area contributed by atoms with Crippen LogP contribution in [-0.4, -0.2) is 83.2 Å². The number of rotatable bonds is 10. The number of nitrogens with one attached hydrogen (secondary N) is 2. The number of thioether (sulfide) groups is 2. The van der Waals surface area contributed by atoms with Crippen LogP contribution in [0, 0.1) is 0 Å². The monoisotopic (exact) mass is 535 g/mol. The number of hydrogen-bond acceptors (Lipinski definition) is 10. The Bertz CT molecular complexity index is 1190. The van der Waals surface area contributed by atoms with Crippen molar-refractivity contribution in [2.45, 2.75) is 22.3 Å². The smallest absolute Gasteiger partial charge is 0.352 e. The fraction of sp³-hybridized carbons (Fsp3) is 0.350. The fourth-order valence-electron chi connectivity index (χ4n) is 3.84. The van der Waals surface area contributed by atoms with Crippen LogP contribution in [0.4, 0.5) is 0 Å². The number of nitrogens with zero attached hydrogens (tertiary/aromatic N) is 5. The summed E-state index contributed by atoms with van der Waals surface area (Å²) in [7, 11) is 2.98. The Morgan fingerprint density at radius 2 is 2.17 bits per heavy atom. The summed E-state index contributed by atoms with van der Waals surface area (Å²) < 4.78 is 7.00. The van der Waals surface area contributed by atoms with E-state index in [4.69, 9.17) is 17.0 Å². The van der Waals surface area contributed by atoms with Gasteiger partial charge in [-0.05, 0) is 21.6 Å². The van der Waals surface area contributed by atoms with Crippen LogP contribution in [0.2, 0.25) is 0 Å². The number of β-lactam (4-membered cyclic amide) rings is 1. The lowest BCUT2D eigenvalue weighted by molar-refractivity contribution is -0.192. The zero-order valence-electron chi connectivity index (χ0n) is 18.6. The molecule has 0 saturated carbocycles. The first kappa shape index (κ1) is 25.1. The summed E-state index contributed by atoms with van der Waals surface area (Å²) in [5.41, 5.74) is 0.565. The molecule has 0 spiro atoms. The number of carbonyl (C=O) groups excluding carboxylic acids is 2. The van der Waals surface area contributed by atoms with Crippen molar-refractivity contribution in [1.29, 1.82) is 0 Å². The van der Waals surface area contributed by atoms with Crippen LogP contribution in [0.3, 0.4) is 0 Å². The first-order valence-electron chi connectivity index (χ1n) is 10.2. The van der Waals surface area contributed by atoms with Crippen LogP contribution in [0.5, 0.6) is 0 Å². The highest BCUT2D eigenvalue weighted by molar-refractivity contribution is 8.01. The second-order valence-corrected chi connectivity index (χ2v) is 9.77. The number of carboxylic acids is 1. The van der Waals surface area contributed by atoms with Gasteiger partial charge in [-0.2, -0.15) is 0 Å². The van der Waals surface area contributed by atoms with Gasteiger partial charge in [-0.25, -0.2) is 9.48 Å². The number of carbonyl (C=O) groups is 3. The van der Waals surface area contributed by atoms with Crippen LogP contribution in [0.15, 0.2) is 46.8 Å². The van der Waals surface area contributed by atoms with E-state index in [-0.39, 0.29) is 11.4 Å². The third-order valence-electron chi connectivity index (χ3n) is 5.53. The average molecular weight is 536 g/mol. The number of aryl methyl sites for hydroxylation is 1. The summed E-state index contributed by atoms with van der Waals surface area (Å²) in [6.45, 7) is 0. The largest absolute Gasteiger partial charge is 0.477 e. The van der Waals surface area contributed by atoms with Gasteiger partial charge in [0.25, 0.3) is 11.6 Å². The number of fused-ring (bicyclic) bond motifs is 1. The first-order chi connectivity index (χ1) is 16.8. The second-order valence-electron chi connectivity index (χ2n) is 7.53. The Balaban J connectivity index is 1.57. The van der Waals surface area contributed by atoms with E-state index in [1.807, 2.05) is 6.07 Å². The van der Waals surface area contributed by atoms with E-state index in [1.165, 1.54) is 40.8 Å². The van der Waals surface area contributed by atoms with Gasteiger partial charge in [0, 0.05) is 25.7 Å². The van der Waals surface area contributed by atoms with Gasteiger partial charge < -0.3 is 20.5 Å². The molecule has 35 heavy (non-hydrogen) atoms. The van der Waals surface area contributed by atoms with Gasteiger partial charge in [0.1, 0.15) is 17.1 Å². The summed E-state index contributed by atoms with van der Waals surface area (Å²) in [5.74, 6) is -1.85. The van der Waals surface area contributed by atoms with Gasteiger partial charge in [0.15, 0.2) is 0 Å². The number of tetrazole rings is 1. The highest BCUT2D eigenvalue weighted by Crippen LogP contribution is 2.47. The zero-order chi connectivity index (χ0) is 25.2. The van der Waals surface area contributed by atoms with Gasteiger partial charge in [-0.1, -0.05) is 54.3 Å². The maximum atomic E-state index is 13.3. The van der Waals surface area contributed by atoms with Crippen LogP contribution >= 0.6 is 35.7 Å². The summed E-state index contributed by atoms with van der Waals surface area (Å²) in [5, 5.41) is 26.4. The summed E-state index contributed by atoms with van der Waals surface area (Å²) in [4.78, 5) is 39.9. The normalized spacial score (nSPS) is 22.2. The van der Waals surface area contributed by atoms with E-state index in [2.05, 4.69) is 26.2 Å². The lowest BCUT2D eigenvalue weighted by Crippen LogP contribution is -2.81. The lowest BCUT2D eigenvalue weighted by atomic mass is 9.97. The van der Waals surface area contributed by atoms with Crippen LogP contribution < -0.4 is 10.6 Å². The van der Waals surface area contributed by atoms with Gasteiger partial charge >= 0.3 is 5.97 Å². The summed E-state index contributed by atoms with van der Waals surface area (Å²) in [6.07, 6.45) is 0. The second kappa shape index (κ2) is 10.3. The molecular weight excluding hydrogens is 514 g/mol. The number of ether oxygens (including phenoxy) is 1. The molecule has 3 atom stereocenters. The molecule has 2 aromatic rings. The van der Waals surface area contributed by atoms with E-state index in [9.17, 15) is 19.5 Å². The Labute approximate surface area is 213 Å². The molecule has 0 aliphatic carbocycles. The predicted molar refractivity (Wildman–Crippen MR) is 131 cm³/mol. The number of amides is 2. The number of hydrogen-bond donors (Lipinski definition) is 3. The molecule has 184 valence electrons. The fourth-order valence-corrected chi connectivity index (χ4v) is 6.41. The number of benzene rings is 1. The third-order valence-corrected chi connectivity index (χ3v) is 8.14. The Morgan fingerprint density at radius 3 is 2.77 bits per heavy atom. The van der Waals surface area contributed by atoms with Gasteiger partial charge in [0.05, 0.1) is 5.49 Å². The molecular formula is C20H21N7O5S3. The van der Waals surface area contributed by atoms with Gasteiger partial charge in [-0.3, -0.25) is 14.5 Å². The van der Waals surface area contributed by atoms with E-state index in [1.54, 1.807) is 31.3 Å². The maximum Gasteiger partial charge on any atom is 0.352 e. The van der Waals surface area contributed by atoms with Crippen molar-refractivity contribution in [3.8, 4) is 0 Å². The number of aliphatic carboxylic acids is 1.